The Morgan fingerprint density at radius 3 is 2.46 bits per heavy atom. The highest BCUT2D eigenvalue weighted by Crippen LogP contribution is 2.28. The molecule has 1 amide bonds. The predicted molar refractivity (Wildman–Crippen MR) is 101 cm³/mol. The Labute approximate surface area is 160 Å². The van der Waals surface area contributed by atoms with Crippen molar-refractivity contribution in [3.8, 4) is 23.1 Å². The molecule has 142 valence electrons. The van der Waals surface area contributed by atoms with Crippen LogP contribution in [-0.2, 0) is 13.0 Å². The minimum absolute atomic E-state index is 0.0443. The normalized spacial score (nSPS) is 12.5. The van der Waals surface area contributed by atoms with Crippen LogP contribution in [-0.4, -0.2) is 20.7 Å². The van der Waals surface area contributed by atoms with Crippen LogP contribution in [0.2, 0.25) is 0 Å². The SMILES string of the molecule is Cc1cc(C(N)=O)ccc1Oc1ccc(Oc2nnc3n(c2=O)CCC3)cc1. The lowest BCUT2D eigenvalue weighted by Gasteiger charge is -2.10. The molecule has 0 fully saturated rings. The minimum Gasteiger partial charge on any atom is -0.457 e. The molecule has 1 aliphatic rings. The standard InChI is InChI=1S/C20H18N4O4/c1-12-11-13(18(21)25)4-9-16(12)27-14-5-7-15(8-6-14)28-19-20(26)24-10-2-3-17(24)22-23-19/h4-9,11H,2-3,10H2,1H3,(H2,21,25). The molecule has 0 radical (unpaired) electrons. The number of amides is 1. The molecule has 0 spiro atoms. The van der Waals surface area contributed by atoms with Crippen molar-refractivity contribution in [2.75, 3.05) is 0 Å². The molecule has 1 aromatic heterocycles. The molecule has 2 aromatic carbocycles. The van der Waals surface area contributed by atoms with E-state index in [4.69, 9.17) is 15.2 Å². The van der Waals surface area contributed by atoms with E-state index < -0.39 is 5.91 Å². The van der Waals surface area contributed by atoms with E-state index in [0.29, 0.717) is 35.2 Å². The lowest BCUT2D eigenvalue weighted by Crippen LogP contribution is -2.23. The first-order chi connectivity index (χ1) is 13.5. The number of rotatable bonds is 5. The van der Waals surface area contributed by atoms with Crippen molar-refractivity contribution in [3.63, 3.8) is 0 Å². The van der Waals surface area contributed by atoms with Crippen molar-refractivity contribution >= 4 is 5.91 Å². The first-order valence-electron chi connectivity index (χ1n) is 8.84. The van der Waals surface area contributed by atoms with Gasteiger partial charge in [0, 0.05) is 18.5 Å². The van der Waals surface area contributed by atoms with Gasteiger partial charge in [-0.25, -0.2) is 0 Å². The highest BCUT2D eigenvalue weighted by molar-refractivity contribution is 5.93. The average Bonchev–Trinajstić information content (AvgIpc) is 3.16. The number of nitrogens with zero attached hydrogens (tertiary/aromatic N) is 3. The van der Waals surface area contributed by atoms with E-state index in [1.807, 2.05) is 6.92 Å². The molecule has 0 aliphatic carbocycles. The predicted octanol–water partition coefficient (Wildman–Crippen LogP) is 2.58. The van der Waals surface area contributed by atoms with Crippen molar-refractivity contribution in [2.24, 2.45) is 5.73 Å². The van der Waals surface area contributed by atoms with Crippen molar-refractivity contribution in [2.45, 2.75) is 26.3 Å². The number of hydrogen-bond acceptors (Lipinski definition) is 6. The Morgan fingerprint density at radius 1 is 1.07 bits per heavy atom. The Hall–Kier alpha value is -3.68. The van der Waals surface area contributed by atoms with Crippen LogP contribution >= 0.6 is 0 Å². The zero-order valence-corrected chi connectivity index (χ0v) is 15.2. The van der Waals surface area contributed by atoms with Crippen molar-refractivity contribution in [1.29, 1.82) is 0 Å². The fraction of sp³-hybridized carbons (Fsp3) is 0.200. The van der Waals surface area contributed by atoms with Gasteiger partial charge in [-0.05, 0) is 61.4 Å². The molecule has 0 atom stereocenters. The van der Waals surface area contributed by atoms with Crippen molar-refractivity contribution in [1.82, 2.24) is 14.8 Å². The first-order valence-corrected chi connectivity index (χ1v) is 8.84. The zero-order chi connectivity index (χ0) is 19.7. The fourth-order valence-electron chi connectivity index (χ4n) is 3.04. The third kappa shape index (κ3) is 3.44. The van der Waals surface area contributed by atoms with E-state index >= 15 is 0 Å². The highest BCUT2D eigenvalue weighted by Gasteiger charge is 2.18. The number of fused-ring (bicyclic) bond motifs is 1. The molecule has 8 heteroatoms. The van der Waals surface area contributed by atoms with Crippen LogP contribution in [0, 0.1) is 6.92 Å². The molecular weight excluding hydrogens is 360 g/mol. The van der Waals surface area contributed by atoms with Gasteiger partial charge in [0.25, 0.3) is 0 Å². The maximum Gasteiger partial charge on any atom is 0.316 e. The highest BCUT2D eigenvalue weighted by atomic mass is 16.5. The number of primary amides is 1. The topological polar surface area (TPSA) is 109 Å². The van der Waals surface area contributed by atoms with E-state index in [1.54, 1.807) is 47.0 Å². The molecule has 0 saturated carbocycles. The third-order valence-corrected chi connectivity index (χ3v) is 4.50. The summed E-state index contributed by atoms with van der Waals surface area (Å²) in [5.74, 6) is 1.82. The van der Waals surface area contributed by atoms with Gasteiger partial charge in [-0.2, -0.15) is 0 Å². The quantitative estimate of drug-likeness (QED) is 0.731. The number of ether oxygens (including phenoxy) is 2. The first kappa shape index (κ1) is 17.7. The molecule has 1 aliphatic heterocycles. The Bertz CT molecular complexity index is 1110. The van der Waals surface area contributed by atoms with Gasteiger partial charge in [0.2, 0.25) is 5.91 Å². The van der Waals surface area contributed by atoms with E-state index in [9.17, 15) is 9.59 Å². The maximum atomic E-state index is 12.4. The summed E-state index contributed by atoms with van der Waals surface area (Å²) >= 11 is 0. The van der Waals surface area contributed by atoms with E-state index in [2.05, 4.69) is 10.2 Å². The molecule has 0 unspecified atom stereocenters. The van der Waals surface area contributed by atoms with Gasteiger partial charge in [0.1, 0.15) is 23.1 Å². The Morgan fingerprint density at radius 2 is 1.79 bits per heavy atom. The van der Waals surface area contributed by atoms with Gasteiger partial charge in [-0.15, -0.1) is 10.2 Å². The van der Waals surface area contributed by atoms with Crippen LogP contribution < -0.4 is 20.8 Å². The minimum atomic E-state index is -0.485. The van der Waals surface area contributed by atoms with Gasteiger partial charge in [-0.3, -0.25) is 14.2 Å². The lowest BCUT2D eigenvalue weighted by molar-refractivity contribution is 0.1000. The molecule has 2 N–H and O–H groups in total. The molecule has 4 rings (SSSR count). The average molecular weight is 378 g/mol. The number of carbonyl (C=O) groups excluding carboxylic acids is 1. The largest absolute Gasteiger partial charge is 0.457 e. The number of benzene rings is 2. The molecule has 0 bridgehead atoms. The molecule has 28 heavy (non-hydrogen) atoms. The summed E-state index contributed by atoms with van der Waals surface area (Å²) in [7, 11) is 0. The fourth-order valence-corrected chi connectivity index (χ4v) is 3.04. The van der Waals surface area contributed by atoms with E-state index in [0.717, 1.165) is 18.4 Å². The zero-order valence-electron chi connectivity index (χ0n) is 15.2. The van der Waals surface area contributed by atoms with Crippen LogP contribution in [0.1, 0.15) is 28.2 Å². The monoisotopic (exact) mass is 378 g/mol. The molecular formula is C20H18N4O4. The molecule has 0 saturated heterocycles. The van der Waals surface area contributed by atoms with Gasteiger partial charge in [-0.1, -0.05) is 0 Å². The van der Waals surface area contributed by atoms with Crippen LogP contribution in [0.5, 0.6) is 23.1 Å². The summed E-state index contributed by atoms with van der Waals surface area (Å²) in [6.07, 6.45) is 1.65. The Kier molecular flexibility index (Phi) is 4.52. The summed E-state index contributed by atoms with van der Waals surface area (Å²) in [6.45, 7) is 2.47. The second-order valence-electron chi connectivity index (χ2n) is 6.50. The molecule has 2 heterocycles. The van der Waals surface area contributed by atoms with Crippen LogP contribution in [0.4, 0.5) is 0 Å². The second kappa shape index (κ2) is 7.15. The Balaban J connectivity index is 1.49. The summed E-state index contributed by atoms with van der Waals surface area (Å²) in [5.41, 5.74) is 6.22. The summed E-state index contributed by atoms with van der Waals surface area (Å²) in [4.78, 5) is 23.6. The summed E-state index contributed by atoms with van der Waals surface area (Å²) < 4.78 is 13.0. The van der Waals surface area contributed by atoms with Crippen LogP contribution in [0.15, 0.2) is 47.3 Å². The number of aromatic nitrogens is 3. The maximum absolute atomic E-state index is 12.4. The third-order valence-electron chi connectivity index (χ3n) is 4.50. The van der Waals surface area contributed by atoms with Crippen LogP contribution in [0.3, 0.4) is 0 Å². The van der Waals surface area contributed by atoms with Gasteiger partial charge in [0.05, 0.1) is 0 Å². The van der Waals surface area contributed by atoms with E-state index in [1.165, 1.54) is 0 Å². The second-order valence-corrected chi connectivity index (χ2v) is 6.50. The van der Waals surface area contributed by atoms with Crippen molar-refractivity contribution in [3.05, 3.63) is 69.8 Å². The van der Waals surface area contributed by atoms with Gasteiger partial charge >= 0.3 is 11.4 Å². The van der Waals surface area contributed by atoms with Gasteiger partial charge < -0.3 is 15.2 Å². The van der Waals surface area contributed by atoms with E-state index in [-0.39, 0.29) is 11.4 Å². The smallest absolute Gasteiger partial charge is 0.316 e. The van der Waals surface area contributed by atoms with Gasteiger partial charge in [0.15, 0.2) is 0 Å². The number of nitrogens with two attached hydrogens (primary N) is 1. The summed E-state index contributed by atoms with van der Waals surface area (Å²) in [6, 6.07) is 11.8. The summed E-state index contributed by atoms with van der Waals surface area (Å²) in [5, 5.41) is 7.94. The lowest BCUT2D eigenvalue weighted by atomic mass is 10.1. The molecule has 3 aromatic rings. The number of hydrogen-bond donors (Lipinski definition) is 1. The van der Waals surface area contributed by atoms with Crippen LogP contribution in [0.25, 0.3) is 0 Å². The van der Waals surface area contributed by atoms with Crippen molar-refractivity contribution < 1.29 is 14.3 Å². The molecule has 8 nitrogen and oxygen atoms in total. The number of aryl methyl sites for hydroxylation is 2. The number of carbonyl (C=O) groups is 1.